The second kappa shape index (κ2) is 8.43. The number of urea groups is 1. The van der Waals surface area contributed by atoms with Crippen LogP contribution in [0.15, 0.2) is 24.3 Å². The van der Waals surface area contributed by atoms with E-state index in [4.69, 9.17) is 4.74 Å². The van der Waals surface area contributed by atoms with Crippen LogP contribution in [0.25, 0.3) is 0 Å². The van der Waals surface area contributed by atoms with E-state index in [1.807, 2.05) is 26.0 Å². The smallest absolute Gasteiger partial charge is 0.319 e. The SMILES string of the molecule is CCOc1ccc(NC(=O)NCC(C)CC(C)O)cc1. The molecule has 20 heavy (non-hydrogen) atoms. The van der Waals surface area contributed by atoms with E-state index >= 15 is 0 Å². The van der Waals surface area contributed by atoms with Crippen molar-refractivity contribution in [2.75, 3.05) is 18.5 Å². The Bertz CT molecular complexity index is 404. The first-order chi connectivity index (χ1) is 9.51. The molecule has 112 valence electrons. The maximum atomic E-state index is 11.7. The largest absolute Gasteiger partial charge is 0.494 e. The highest BCUT2D eigenvalue weighted by atomic mass is 16.5. The summed E-state index contributed by atoms with van der Waals surface area (Å²) in [6, 6.07) is 6.98. The molecule has 1 aromatic carbocycles. The molecule has 0 aliphatic carbocycles. The highest BCUT2D eigenvalue weighted by molar-refractivity contribution is 5.89. The fourth-order valence-electron chi connectivity index (χ4n) is 1.91. The Morgan fingerprint density at radius 2 is 1.95 bits per heavy atom. The molecule has 1 rings (SSSR count). The third kappa shape index (κ3) is 6.43. The summed E-state index contributed by atoms with van der Waals surface area (Å²) in [5.74, 6) is 1.02. The van der Waals surface area contributed by atoms with Crippen LogP contribution in [0, 0.1) is 5.92 Å². The summed E-state index contributed by atoms with van der Waals surface area (Å²) in [5.41, 5.74) is 0.717. The first kappa shape index (κ1) is 16.3. The number of ether oxygens (including phenoxy) is 1. The number of carbonyl (C=O) groups is 1. The van der Waals surface area contributed by atoms with Gasteiger partial charge in [-0.3, -0.25) is 0 Å². The number of aliphatic hydroxyl groups excluding tert-OH is 1. The number of amides is 2. The second-order valence-electron chi connectivity index (χ2n) is 4.98. The Kier molecular flexibility index (Phi) is 6.87. The van der Waals surface area contributed by atoms with Gasteiger partial charge in [-0.1, -0.05) is 6.92 Å². The standard InChI is InChI=1S/C15H24N2O3/c1-4-20-14-7-5-13(6-8-14)17-15(19)16-10-11(2)9-12(3)18/h5-8,11-12,18H,4,9-10H2,1-3H3,(H2,16,17,19). The van der Waals surface area contributed by atoms with Gasteiger partial charge in [-0.05, 0) is 50.5 Å². The van der Waals surface area contributed by atoms with Gasteiger partial charge in [0, 0.05) is 12.2 Å². The lowest BCUT2D eigenvalue weighted by atomic mass is 10.1. The third-order valence-electron chi connectivity index (χ3n) is 2.78. The van der Waals surface area contributed by atoms with Gasteiger partial charge in [-0.25, -0.2) is 4.79 Å². The summed E-state index contributed by atoms with van der Waals surface area (Å²) in [6.45, 7) is 6.82. The molecule has 2 amide bonds. The minimum absolute atomic E-state index is 0.237. The molecule has 0 saturated carbocycles. The van der Waals surface area contributed by atoms with Crippen molar-refractivity contribution in [3.05, 3.63) is 24.3 Å². The number of rotatable bonds is 7. The van der Waals surface area contributed by atoms with Crippen LogP contribution in [0.3, 0.4) is 0 Å². The summed E-state index contributed by atoms with van der Waals surface area (Å²) in [4.78, 5) is 11.7. The zero-order valence-corrected chi connectivity index (χ0v) is 12.3. The van der Waals surface area contributed by atoms with Crippen molar-refractivity contribution in [3.63, 3.8) is 0 Å². The number of nitrogens with one attached hydrogen (secondary N) is 2. The molecule has 0 heterocycles. The molecule has 0 aromatic heterocycles. The van der Waals surface area contributed by atoms with Crippen molar-refractivity contribution in [3.8, 4) is 5.75 Å². The molecule has 1 aromatic rings. The third-order valence-corrected chi connectivity index (χ3v) is 2.78. The quantitative estimate of drug-likeness (QED) is 0.719. The number of carbonyl (C=O) groups excluding carboxylic acids is 1. The van der Waals surface area contributed by atoms with Crippen molar-refractivity contribution >= 4 is 11.7 Å². The molecule has 0 radical (unpaired) electrons. The molecule has 5 nitrogen and oxygen atoms in total. The van der Waals surface area contributed by atoms with Crippen molar-refractivity contribution < 1.29 is 14.6 Å². The predicted molar refractivity (Wildman–Crippen MR) is 80.1 cm³/mol. The van der Waals surface area contributed by atoms with E-state index in [1.54, 1.807) is 19.1 Å². The zero-order valence-electron chi connectivity index (χ0n) is 12.3. The number of anilines is 1. The van der Waals surface area contributed by atoms with Gasteiger partial charge in [-0.2, -0.15) is 0 Å². The van der Waals surface area contributed by atoms with Crippen molar-refractivity contribution in [1.29, 1.82) is 0 Å². The first-order valence-corrected chi connectivity index (χ1v) is 6.97. The minimum atomic E-state index is -0.346. The van der Waals surface area contributed by atoms with Crippen LogP contribution in [0.1, 0.15) is 27.2 Å². The van der Waals surface area contributed by atoms with E-state index in [0.29, 0.717) is 25.3 Å². The lowest BCUT2D eigenvalue weighted by Gasteiger charge is -2.14. The summed E-state index contributed by atoms with van der Waals surface area (Å²) in [7, 11) is 0. The molecule has 2 atom stereocenters. The van der Waals surface area contributed by atoms with E-state index < -0.39 is 0 Å². The van der Waals surface area contributed by atoms with Gasteiger partial charge < -0.3 is 20.5 Å². The van der Waals surface area contributed by atoms with Gasteiger partial charge in [0.1, 0.15) is 5.75 Å². The highest BCUT2D eigenvalue weighted by Crippen LogP contribution is 2.15. The average Bonchev–Trinajstić information content (AvgIpc) is 2.38. The molecule has 5 heteroatoms. The predicted octanol–water partition coefficient (Wildman–Crippen LogP) is 2.61. The zero-order chi connectivity index (χ0) is 15.0. The summed E-state index contributed by atoms with van der Waals surface area (Å²) in [6.07, 6.45) is 0.324. The maximum absolute atomic E-state index is 11.7. The fourth-order valence-corrected chi connectivity index (χ4v) is 1.91. The molecule has 0 spiro atoms. The van der Waals surface area contributed by atoms with Crippen LogP contribution >= 0.6 is 0 Å². The number of aliphatic hydroxyl groups is 1. The van der Waals surface area contributed by atoms with Gasteiger partial charge >= 0.3 is 6.03 Å². The number of hydrogen-bond donors (Lipinski definition) is 3. The Morgan fingerprint density at radius 1 is 1.30 bits per heavy atom. The maximum Gasteiger partial charge on any atom is 0.319 e. The summed E-state index contributed by atoms with van der Waals surface area (Å²) in [5, 5.41) is 14.8. The van der Waals surface area contributed by atoms with Crippen LogP contribution in [0.2, 0.25) is 0 Å². The average molecular weight is 280 g/mol. The lowest BCUT2D eigenvalue weighted by molar-refractivity contribution is 0.163. The van der Waals surface area contributed by atoms with Crippen LogP contribution < -0.4 is 15.4 Å². The molecule has 0 aliphatic rings. The van der Waals surface area contributed by atoms with E-state index in [2.05, 4.69) is 10.6 Å². The topological polar surface area (TPSA) is 70.6 Å². The molecule has 2 unspecified atom stereocenters. The molecular weight excluding hydrogens is 256 g/mol. The van der Waals surface area contributed by atoms with E-state index in [9.17, 15) is 9.90 Å². The molecule has 0 bridgehead atoms. The second-order valence-corrected chi connectivity index (χ2v) is 4.98. The lowest BCUT2D eigenvalue weighted by Crippen LogP contribution is -2.33. The summed E-state index contributed by atoms with van der Waals surface area (Å²) < 4.78 is 5.33. The Labute approximate surface area is 120 Å². The Hall–Kier alpha value is -1.75. The van der Waals surface area contributed by atoms with E-state index in [1.165, 1.54) is 0 Å². The van der Waals surface area contributed by atoms with Crippen LogP contribution in [-0.4, -0.2) is 30.4 Å². The van der Waals surface area contributed by atoms with Crippen molar-refractivity contribution in [2.24, 2.45) is 5.92 Å². The number of hydrogen-bond acceptors (Lipinski definition) is 3. The summed E-state index contributed by atoms with van der Waals surface area (Å²) >= 11 is 0. The number of benzene rings is 1. The Morgan fingerprint density at radius 3 is 2.50 bits per heavy atom. The first-order valence-electron chi connectivity index (χ1n) is 6.97. The van der Waals surface area contributed by atoms with Crippen LogP contribution in [0.5, 0.6) is 5.75 Å². The van der Waals surface area contributed by atoms with Gasteiger partial charge in [0.2, 0.25) is 0 Å². The normalized spacial score (nSPS) is 13.4. The van der Waals surface area contributed by atoms with Gasteiger partial charge in [-0.15, -0.1) is 0 Å². The minimum Gasteiger partial charge on any atom is -0.494 e. The van der Waals surface area contributed by atoms with Gasteiger partial charge in [0.25, 0.3) is 0 Å². The molecule has 0 saturated heterocycles. The molecular formula is C15H24N2O3. The van der Waals surface area contributed by atoms with E-state index in [-0.39, 0.29) is 18.1 Å². The van der Waals surface area contributed by atoms with Crippen LogP contribution in [-0.2, 0) is 0 Å². The van der Waals surface area contributed by atoms with E-state index in [0.717, 1.165) is 5.75 Å². The molecule has 0 fully saturated rings. The molecule has 0 aliphatic heterocycles. The van der Waals surface area contributed by atoms with Gasteiger partial charge in [0.15, 0.2) is 0 Å². The van der Waals surface area contributed by atoms with Crippen molar-refractivity contribution in [1.82, 2.24) is 5.32 Å². The monoisotopic (exact) mass is 280 g/mol. The van der Waals surface area contributed by atoms with Gasteiger partial charge in [0.05, 0.1) is 12.7 Å². The molecule has 3 N–H and O–H groups in total. The fraction of sp³-hybridized carbons (Fsp3) is 0.533. The highest BCUT2D eigenvalue weighted by Gasteiger charge is 2.08. The van der Waals surface area contributed by atoms with Crippen LogP contribution in [0.4, 0.5) is 10.5 Å². The Balaban J connectivity index is 2.34. The van der Waals surface area contributed by atoms with Crippen molar-refractivity contribution in [2.45, 2.75) is 33.3 Å².